The third-order valence-corrected chi connectivity index (χ3v) is 3.55. The van der Waals surface area contributed by atoms with Crippen molar-refractivity contribution in [1.82, 2.24) is 0 Å². The van der Waals surface area contributed by atoms with Gasteiger partial charge in [-0.2, -0.15) is 0 Å². The monoisotopic (exact) mass is 328 g/mol. The number of rotatable bonds is 3. The lowest BCUT2D eigenvalue weighted by Crippen LogP contribution is -2.03. The van der Waals surface area contributed by atoms with Gasteiger partial charge in [0.1, 0.15) is 5.82 Å². The van der Waals surface area contributed by atoms with Crippen molar-refractivity contribution in [2.45, 2.75) is 12.5 Å². The van der Waals surface area contributed by atoms with Gasteiger partial charge in [-0.15, -0.1) is 0 Å². The van der Waals surface area contributed by atoms with Gasteiger partial charge in [-0.05, 0) is 23.8 Å². The third-order valence-electron chi connectivity index (χ3n) is 2.66. The molecule has 0 saturated carbocycles. The Bertz CT molecular complexity index is 559. The molecule has 1 N–H and O–H groups in total. The minimum Gasteiger partial charge on any atom is -0.388 e. The van der Waals surface area contributed by atoms with Crippen LogP contribution in [0.3, 0.4) is 0 Å². The summed E-state index contributed by atoms with van der Waals surface area (Å²) < 4.78 is 14.2. The van der Waals surface area contributed by atoms with Gasteiger partial charge in [0.2, 0.25) is 0 Å². The molecule has 94 valence electrons. The summed E-state index contributed by atoms with van der Waals surface area (Å²) >= 11 is 9.21. The van der Waals surface area contributed by atoms with E-state index in [-0.39, 0.29) is 5.02 Å². The summed E-state index contributed by atoms with van der Waals surface area (Å²) in [7, 11) is 0. The van der Waals surface area contributed by atoms with E-state index in [4.69, 9.17) is 11.6 Å². The summed E-state index contributed by atoms with van der Waals surface area (Å²) in [5.41, 5.74) is 1.37. The second-order valence-corrected chi connectivity index (χ2v) is 5.29. The van der Waals surface area contributed by atoms with E-state index in [0.29, 0.717) is 12.0 Å². The van der Waals surface area contributed by atoms with E-state index in [1.54, 1.807) is 12.1 Å². The molecule has 1 atom stereocenters. The van der Waals surface area contributed by atoms with Gasteiger partial charge < -0.3 is 5.11 Å². The SMILES string of the molecule is OC(Cc1cccc(Br)c1)c1cccc(F)c1Cl. The molecule has 1 unspecified atom stereocenters. The van der Waals surface area contributed by atoms with E-state index in [1.807, 2.05) is 24.3 Å². The Kier molecular flexibility index (Phi) is 4.38. The molecule has 0 aliphatic heterocycles. The molecule has 18 heavy (non-hydrogen) atoms. The molecule has 2 rings (SSSR count). The Morgan fingerprint density at radius 3 is 2.67 bits per heavy atom. The Balaban J connectivity index is 2.22. The molecule has 0 radical (unpaired) electrons. The lowest BCUT2D eigenvalue weighted by Gasteiger charge is -2.13. The van der Waals surface area contributed by atoms with Crippen LogP contribution >= 0.6 is 27.5 Å². The smallest absolute Gasteiger partial charge is 0.142 e. The fourth-order valence-electron chi connectivity index (χ4n) is 1.77. The Hall–Kier alpha value is -0.900. The summed E-state index contributed by atoms with van der Waals surface area (Å²) in [4.78, 5) is 0. The summed E-state index contributed by atoms with van der Waals surface area (Å²) in [6.07, 6.45) is -0.426. The van der Waals surface area contributed by atoms with Crippen molar-refractivity contribution in [3.8, 4) is 0 Å². The molecule has 0 saturated heterocycles. The van der Waals surface area contributed by atoms with Gasteiger partial charge in [-0.1, -0.05) is 51.8 Å². The van der Waals surface area contributed by atoms with Crippen LogP contribution in [0.5, 0.6) is 0 Å². The maximum atomic E-state index is 13.3. The third kappa shape index (κ3) is 3.10. The van der Waals surface area contributed by atoms with Crippen molar-refractivity contribution >= 4 is 27.5 Å². The first-order valence-corrected chi connectivity index (χ1v) is 6.61. The zero-order chi connectivity index (χ0) is 13.1. The van der Waals surface area contributed by atoms with Gasteiger partial charge >= 0.3 is 0 Å². The minimum absolute atomic E-state index is 0.0139. The van der Waals surface area contributed by atoms with Crippen LogP contribution in [0.4, 0.5) is 4.39 Å². The summed E-state index contributed by atoms with van der Waals surface area (Å²) in [6, 6.07) is 12.1. The van der Waals surface area contributed by atoms with E-state index in [1.165, 1.54) is 6.07 Å². The topological polar surface area (TPSA) is 20.2 Å². The van der Waals surface area contributed by atoms with Gasteiger partial charge in [-0.3, -0.25) is 0 Å². The van der Waals surface area contributed by atoms with E-state index in [0.717, 1.165) is 10.0 Å². The van der Waals surface area contributed by atoms with Crippen molar-refractivity contribution in [2.75, 3.05) is 0 Å². The molecule has 0 aliphatic rings. The standard InChI is InChI=1S/C14H11BrClFO/c15-10-4-1-3-9(7-10)8-13(18)11-5-2-6-12(17)14(11)16/h1-7,13,18H,8H2. The molecule has 0 amide bonds. The number of halogens is 3. The quantitative estimate of drug-likeness (QED) is 0.878. The average molecular weight is 330 g/mol. The van der Waals surface area contributed by atoms with Crippen LogP contribution < -0.4 is 0 Å². The minimum atomic E-state index is -0.817. The molecule has 0 bridgehead atoms. The van der Waals surface area contributed by atoms with Crippen LogP contribution in [0.15, 0.2) is 46.9 Å². The number of aliphatic hydroxyl groups is 1. The van der Waals surface area contributed by atoms with E-state index < -0.39 is 11.9 Å². The lowest BCUT2D eigenvalue weighted by atomic mass is 10.0. The van der Waals surface area contributed by atoms with Gasteiger partial charge in [0.05, 0.1) is 11.1 Å². The Morgan fingerprint density at radius 2 is 1.94 bits per heavy atom. The molecule has 1 nitrogen and oxygen atoms in total. The molecule has 0 aliphatic carbocycles. The van der Waals surface area contributed by atoms with Crippen molar-refractivity contribution in [3.05, 3.63) is 68.9 Å². The first-order chi connectivity index (χ1) is 8.58. The van der Waals surface area contributed by atoms with Crippen molar-refractivity contribution < 1.29 is 9.50 Å². The van der Waals surface area contributed by atoms with Crippen LogP contribution in [0, 0.1) is 5.82 Å². The second kappa shape index (κ2) is 5.83. The van der Waals surface area contributed by atoms with Crippen LogP contribution in [0.1, 0.15) is 17.2 Å². The van der Waals surface area contributed by atoms with Crippen LogP contribution in [-0.2, 0) is 6.42 Å². The fraction of sp³-hybridized carbons (Fsp3) is 0.143. The van der Waals surface area contributed by atoms with Gasteiger partial charge in [0, 0.05) is 16.5 Å². The highest BCUT2D eigenvalue weighted by molar-refractivity contribution is 9.10. The van der Waals surface area contributed by atoms with Crippen molar-refractivity contribution in [3.63, 3.8) is 0 Å². The molecule has 0 heterocycles. The van der Waals surface area contributed by atoms with Gasteiger partial charge in [0.25, 0.3) is 0 Å². The van der Waals surface area contributed by atoms with E-state index in [9.17, 15) is 9.50 Å². The first kappa shape index (κ1) is 13.5. The maximum Gasteiger partial charge on any atom is 0.142 e. The zero-order valence-corrected chi connectivity index (χ0v) is 11.7. The fourth-order valence-corrected chi connectivity index (χ4v) is 2.47. The highest BCUT2D eigenvalue weighted by atomic mass is 79.9. The predicted octanol–water partition coefficient (Wildman–Crippen LogP) is 4.52. The number of hydrogen-bond donors (Lipinski definition) is 1. The van der Waals surface area contributed by atoms with E-state index in [2.05, 4.69) is 15.9 Å². The largest absolute Gasteiger partial charge is 0.388 e. The van der Waals surface area contributed by atoms with Gasteiger partial charge in [0.15, 0.2) is 0 Å². The summed E-state index contributed by atoms with van der Waals surface area (Å²) in [6.45, 7) is 0. The zero-order valence-electron chi connectivity index (χ0n) is 9.41. The lowest BCUT2D eigenvalue weighted by molar-refractivity contribution is 0.178. The van der Waals surface area contributed by atoms with Crippen LogP contribution in [0.2, 0.25) is 5.02 Å². The van der Waals surface area contributed by atoms with Crippen LogP contribution in [-0.4, -0.2) is 5.11 Å². The Morgan fingerprint density at radius 1 is 1.22 bits per heavy atom. The first-order valence-electron chi connectivity index (χ1n) is 5.44. The van der Waals surface area contributed by atoms with E-state index >= 15 is 0 Å². The molecule has 2 aromatic carbocycles. The highest BCUT2D eigenvalue weighted by Crippen LogP contribution is 2.28. The molecule has 0 aromatic heterocycles. The molecule has 0 spiro atoms. The van der Waals surface area contributed by atoms with Gasteiger partial charge in [-0.25, -0.2) is 4.39 Å². The Labute approximate surface area is 118 Å². The molecule has 2 aromatic rings. The van der Waals surface area contributed by atoms with Crippen molar-refractivity contribution in [2.24, 2.45) is 0 Å². The molecular weight excluding hydrogens is 319 g/mol. The van der Waals surface area contributed by atoms with Crippen LogP contribution in [0.25, 0.3) is 0 Å². The number of aliphatic hydroxyl groups excluding tert-OH is 1. The average Bonchev–Trinajstić information content (AvgIpc) is 2.32. The summed E-state index contributed by atoms with van der Waals surface area (Å²) in [5, 5.41) is 10.1. The molecule has 0 fully saturated rings. The normalized spacial score (nSPS) is 12.4. The highest BCUT2D eigenvalue weighted by Gasteiger charge is 2.14. The molecule has 4 heteroatoms. The van der Waals surface area contributed by atoms with Crippen molar-refractivity contribution in [1.29, 1.82) is 0 Å². The predicted molar refractivity (Wildman–Crippen MR) is 74.2 cm³/mol. The molecular formula is C14H11BrClFO. The number of benzene rings is 2. The second-order valence-electron chi connectivity index (χ2n) is 3.99. The number of hydrogen-bond acceptors (Lipinski definition) is 1. The summed E-state index contributed by atoms with van der Waals surface area (Å²) in [5.74, 6) is -0.512. The maximum absolute atomic E-state index is 13.3.